The third-order valence-corrected chi connectivity index (χ3v) is 4.13. The molecule has 3 heterocycles. The van der Waals surface area contributed by atoms with Gasteiger partial charge in [-0.1, -0.05) is 0 Å². The third kappa shape index (κ3) is 2.81. The van der Waals surface area contributed by atoms with Gasteiger partial charge in [0.15, 0.2) is 5.82 Å². The van der Waals surface area contributed by atoms with Crippen molar-refractivity contribution in [3.05, 3.63) is 29.8 Å². The first-order valence-corrected chi connectivity index (χ1v) is 7.71. The van der Waals surface area contributed by atoms with Gasteiger partial charge in [-0.15, -0.1) is 0 Å². The molecule has 2 bridgehead atoms. The number of nitrogens with zero attached hydrogens (tertiary/aromatic N) is 6. The van der Waals surface area contributed by atoms with Crippen molar-refractivity contribution in [2.24, 2.45) is 9.98 Å². The monoisotopic (exact) mass is 325 g/mol. The quantitative estimate of drug-likeness (QED) is 0.614. The summed E-state index contributed by atoms with van der Waals surface area (Å²) in [4.78, 5) is 16.2. The van der Waals surface area contributed by atoms with E-state index in [1.807, 2.05) is 11.0 Å². The molecular weight excluding hydrogens is 306 g/mol. The molecule has 124 valence electrons. The van der Waals surface area contributed by atoms with E-state index < -0.39 is 6.35 Å². The van der Waals surface area contributed by atoms with Gasteiger partial charge in [-0.2, -0.15) is 5.26 Å². The maximum atomic E-state index is 10.7. The second-order valence-corrected chi connectivity index (χ2v) is 5.55. The van der Waals surface area contributed by atoms with E-state index in [2.05, 4.69) is 38.0 Å². The van der Waals surface area contributed by atoms with E-state index >= 15 is 0 Å². The van der Waals surface area contributed by atoms with Crippen LogP contribution in [0.1, 0.15) is 19.0 Å². The Labute approximate surface area is 140 Å². The Bertz CT molecular complexity index is 736. The summed E-state index contributed by atoms with van der Waals surface area (Å²) in [6.07, 6.45) is 2.91. The van der Waals surface area contributed by atoms with Crippen LogP contribution in [0.3, 0.4) is 0 Å². The third-order valence-electron chi connectivity index (χ3n) is 4.13. The Morgan fingerprint density at radius 3 is 3.17 bits per heavy atom. The summed E-state index contributed by atoms with van der Waals surface area (Å²) in [7, 11) is 0. The average molecular weight is 325 g/mol. The minimum absolute atomic E-state index is 0.116. The van der Waals surface area contributed by atoms with Crippen molar-refractivity contribution in [3.63, 3.8) is 0 Å². The fourth-order valence-electron chi connectivity index (χ4n) is 3.15. The van der Waals surface area contributed by atoms with Gasteiger partial charge in [0.2, 0.25) is 6.35 Å². The number of nitriles is 1. The summed E-state index contributed by atoms with van der Waals surface area (Å²) in [6.45, 7) is 6.90. The summed E-state index contributed by atoms with van der Waals surface area (Å²) in [6, 6.07) is 5.75. The average Bonchev–Trinajstić information content (AvgIpc) is 2.99. The molecule has 2 aliphatic rings. The predicted octanol–water partition coefficient (Wildman–Crippen LogP) is 0.808. The number of pyridine rings is 1. The highest BCUT2D eigenvalue weighted by Crippen LogP contribution is 2.39. The molecule has 1 saturated heterocycles. The summed E-state index contributed by atoms with van der Waals surface area (Å²) < 4.78 is 0. The lowest BCUT2D eigenvalue weighted by atomic mass is 10.2. The van der Waals surface area contributed by atoms with Crippen LogP contribution in [-0.2, 0) is 0 Å². The number of rotatable bonds is 5. The van der Waals surface area contributed by atoms with Crippen LogP contribution in [-0.4, -0.2) is 48.5 Å². The normalized spacial score (nSPS) is 20.7. The lowest BCUT2D eigenvalue weighted by Crippen LogP contribution is -2.54. The number of anilines is 2. The molecule has 0 amide bonds. The lowest BCUT2D eigenvalue weighted by molar-refractivity contribution is 0.133. The number of aliphatic hydroxyl groups excluding tert-OH is 1. The van der Waals surface area contributed by atoms with Gasteiger partial charge in [0, 0.05) is 19.3 Å². The molecule has 0 radical (unpaired) electrons. The van der Waals surface area contributed by atoms with Crippen LogP contribution >= 0.6 is 0 Å². The number of aliphatic imine (C=N–C) groups is 2. The Kier molecular flexibility index (Phi) is 4.44. The van der Waals surface area contributed by atoms with Crippen molar-refractivity contribution in [2.45, 2.75) is 25.7 Å². The van der Waals surface area contributed by atoms with Gasteiger partial charge in [-0.3, -0.25) is 4.99 Å². The first kappa shape index (κ1) is 16.0. The molecule has 24 heavy (non-hydrogen) atoms. The van der Waals surface area contributed by atoms with Crippen molar-refractivity contribution in [2.75, 3.05) is 22.9 Å². The Morgan fingerprint density at radius 1 is 1.62 bits per heavy atom. The van der Waals surface area contributed by atoms with E-state index in [9.17, 15) is 5.11 Å². The molecule has 1 fully saturated rings. The molecule has 1 aromatic heterocycles. The second kappa shape index (κ2) is 6.68. The summed E-state index contributed by atoms with van der Waals surface area (Å²) in [5, 5.41) is 22.8. The maximum Gasteiger partial charge on any atom is 0.208 e. The van der Waals surface area contributed by atoms with E-state index in [4.69, 9.17) is 5.26 Å². The second-order valence-electron chi connectivity index (χ2n) is 5.55. The van der Waals surface area contributed by atoms with Crippen LogP contribution in [0, 0.1) is 11.3 Å². The fraction of sp³-hybridized carbons (Fsp3) is 0.375. The molecule has 2 aliphatic heterocycles. The van der Waals surface area contributed by atoms with Crippen LogP contribution in [0.4, 0.5) is 11.5 Å². The van der Waals surface area contributed by atoms with Gasteiger partial charge >= 0.3 is 0 Å². The van der Waals surface area contributed by atoms with E-state index in [0.717, 1.165) is 25.2 Å². The van der Waals surface area contributed by atoms with Crippen LogP contribution in [0.25, 0.3) is 0 Å². The standard InChI is InChI=1S/C16H19N7O/c1-3-19-14(9-18-2)21-16(24)23-12-6-7-22(10-12)13-5-4-11(8-17)20-15(13)23/h3-5,9,12,16,21,24H,2,6-7,10H2,1H3/b14-9+,19-3?/t12-,16?/m0/s1. The SMILES string of the molecule is C=N/C=C(\N=CC)NC(O)N1c2nc(C#N)ccc2N2CC[C@H]1C2. The van der Waals surface area contributed by atoms with Crippen molar-refractivity contribution in [3.8, 4) is 6.07 Å². The molecule has 8 nitrogen and oxygen atoms in total. The first-order valence-electron chi connectivity index (χ1n) is 7.71. The molecule has 1 unspecified atom stereocenters. The molecule has 0 saturated carbocycles. The van der Waals surface area contributed by atoms with Gasteiger partial charge < -0.3 is 20.2 Å². The molecule has 0 aliphatic carbocycles. The van der Waals surface area contributed by atoms with E-state index in [0.29, 0.717) is 17.3 Å². The molecule has 2 N–H and O–H groups in total. The zero-order valence-corrected chi connectivity index (χ0v) is 13.4. The van der Waals surface area contributed by atoms with Gasteiger partial charge in [-0.05, 0) is 32.2 Å². The molecule has 3 rings (SSSR count). The molecule has 8 heteroatoms. The Balaban J connectivity index is 1.94. The van der Waals surface area contributed by atoms with Crippen LogP contribution in [0.2, 0.25) is 0 Å². The number of hydrogen-bond donors (Lipinski definition) is 2. The number of aliphatic hydroxyl groups is 1. The topological polar surface area (TPSA) is 100 Å². The highest BCUT2D eigenvalue weighted by Gasteiger charge is 2.40. The summed E-state index contributed by atoms with van der Waals surface area (Å²) >= 11 is 0. The van der Waals surface area contributed by atoms with Crippen LogP contribution in [0.15, 0.2) is 34.1 Å². The predicted molar refractivity (Wildman–Crippen MR) is 93.0 cm³/mol. The Hall–Kier alpha value is -2.92. The summed E-state index contributed by atoms with van der Waals surface area (Å²) in [5.41, 5.74) is 1.25. The van der Waals surface area contributed by atoms with Gasteiger partial charge in [0.05, 0.1) is 17.9 Å². The van der Waals surface area contributed by atoms with Crippen molar-refractivity contribution >= 4 is 24.4 Å². The molecular formula is C16H19N7O. The highest BCUT2D eigenvalue weighted by atomic mass is 16.3. The largest absolute Gasteiger partial charge is 0.366 e. The molecule has 0 aromatic carbocycles. The lowest BCUT2D eigenvalue weighted by Gasteiger charge is -2.40. The van der Waals surface area contributed by atoms with Gasteiger partial charge in [0.25, 0.3) is 0 Å². The Morgan fingerprint density at radius 2 is 2.46 bits per heavy atom. The molecule has 0 spiro atoms. The van der Waals surface area contributed by atoms with E-state index in [-0.39, 0.29) is 6.04 Å². The van der Waals surface area contributed by atoms with Gasteiger partial charge in [-0.25, -0.2) is 9.98 Å². The first-order chi connectivity index (χ1) is 11.7. The van der Waals surface area contributed by atoms with Crippen LogP contribution in [0.5, 0.6) is 0 Å². The number of aromatic nitrogens is 1. The van der Waals surface area contributed by atoms with E-state index in [1.54, 1.807) is 19.2 Å². The van der Waals surface area contributed by atoms with E-state index in [1.165, 1.54) is 6.20 Å². The zero-order valence-electron chi connectivity index (χ0n) is 13.4. The summed E-state index contributed by atoms with van der Waals surface area (Å²) in [5.74, 6) is 1.01. The minimum Gasteiger partial charge on any atom is -0.366 e. The molecule has 1 aromatic rings. The maximum absolute atomic E-state index is 10.7. The minimum atomic E-state index is -1.04. The van der Waals surface area contributed by atoms with Crippen molar-refractivity contribution in [1.29, 1.82) is 5.26 Å². The smallest absolute Gasteiger partial charge is 0.208 e. The highest BCUT2D eigenvalue weighted by molar-refractivity contribution is 5.72. The zero-order chi connectivity index (χ0) is 17.1. The fourth-order valence-corrected chi connectivity index (χ4v) is 3.15. The molecule has 2 atom stereocenters. The van der Waals surface area contributed by atoms with Gasteiger partial charge in [0.1, 0.15) is 17.6 Å². The number of nitrogens with one attached hydrogen (secondary N) is 1. The number of hydrogen-bond acceptors (Lipinski definition) is 8. The van der Waals surface area contributed by atoms with Crippen LogP contribution < -0.4 is 15.1 Å². The van der Waals surface area contributed by atoms with Crippen molar-refractivity contribution < 1.29 is 5.11 Å². The number of fused-ring (bicyclic) bond motifs is 4. The van der Waals surface area contributed by atoms with Crippen molar-refractivity contribution in [1.82, 2.24) is 10.3 Å².